The van der Waals surface area contributed by atoms with Gasteiger partial charge in [-0.1, -0.05) is 42.5 Å². The lowest BCUT2D eigenvalue weighted by atomic mass is 10.0. The molecule has 240 valence electrons. The number of imide groups is 2. The summed E-state index contributed by atoms with van der Waals surface area (Å²) in [6.45, 7) is 1.67. The molecule has 1 aromatic heterocycles. The Labute approximate surface area is 269 Å². The van der Waals surface area contributed by atoms with E-state index in [2.05, 4.69) is 20.8 Å². The van der Waals surface area contributed by atoms with Crippen LogP contribution in [0.15, 0.2) is 72.8 Å². The highest BCUT2D eigenvalue weighted by atomic mass is 16.5. The van der Waals surface area contributed by atoms with E-state index in [1.807, 2.05) is 24.3 Å². The van der Waals surface area contributed by atoms with Gasteiger partial charge in [-0.2, -0.15) is 0 Å². The number of aromatic hydroxyl groups is 1. The number of piperidine rings is 1. The first-order valence-corrected chi connectivity index (χ1v) is 15.1. The van der Waals surface area contributed by atoms with Gasteiger partial charge in [-0.3, -0.25) is 29.4 Å². The fraction of sp³-hybridized carbons (Fsp3) is 0.235. The summed E-state index contributed by atoms with van der Waals surface area (Å²) in [6, 6.07) is 20.3. The number of benzene rings is 3. The van der Waals surface area contributed by atoms with Gasteiger partial charge in [-0.25, -0.2) is 0 Å². The van der Waals surface area contributed by atoms with Crippen molar-refractivity contribution in [3.63, 3.8) is 0 Å². The summed E-state index contributed by atoms with van der Waals surface area (Å²) < 4.78 is 11.8. The highest BCUT2D eigenvalue weighted by Crippen LogP contribution is 2.34. The highest BCUT2D eigenvalue weighted by Gasteiger charge is 2.46. The van der Waals surface area contributed by atoms with E-state index in [0.717, 1.165) is 16.0 Å². The van der Waals surface area contributed by atoms with Gasteiger partial charge in [0.1, 0.15) is 29.8 Å². The summed E-state index contributed by atoms with van der Waals surface area (Å²) in [7, 11) is 0. The average Bonchev–Trinajstić information content (AvgIpc) is 3.32. The van der Waals surface area contributed by atoms with Crippen molar-refractivity contribution in [3.05, 3.63) is 95.1 Å². The molecule has 0 radical (unpaired) electrons. The predicted molar refractivity (Wildman–Crippen MR) is 170 cm³/mol. The summed E-state index contributed by atoms with van der Waals surface area (Å²) >= 11 is 0. The number of nitrogen functional groups attached to an aromatic ring is 1. The molecule has 4 aromatic rings. The fourth-order valence-electron chi connectivity index (χ4n) is 5.49. The lowest BCUT2D eigenvalue weighted by Crippen LogP contribution is -2.54. The van der Waals surface area contributed by atoms with Crippen LogP contribution in [0.25, 0.3) is 11.3 Å². The molecule has 0 aliphatic carbocycles. The van der Waals surface area contributed by atoms with Crippen LogP contribution < -0.4 is 25.8 Å². The molecule has 0 saturated carbocycles. The van der Waals surface area contributed by atoms with Gasteiger partial charge in [0.2, 0.25) is 11.8 Å². The number of amides is 4. The van der Waals surface area contributed by atoms with Crippen molar-refractivity contribution < 1.29 is 33.8 Å². The van der Waals surface area contributed by atoms with Gasteiger partial charge in [0.25, 0.3) is 11.8 Å². The molecule has 6 rings (SSSR count). The van der Waals surface area contributed by atoms with Gasteiger partial charge in [-0.05, 0) is 41.8 Å². The Hall–Kier alpha value is -5.82. The Morgan fingerprint density at radius 3 is 2.40 bits per heavy atom. The van der Waals surface area contributed by atoms with E-state index in [1.165, 1.54) is 6.07 Å². The number of rotatable bonds is 12. The van der Waals surface area contributed by atoms with Crippen molar-refractivity contribution >= 4 is 29.4 Å². The Kier molecular flexibility index (Phi) is 9.06. The standard InChI is InChI=1S/C34H32N6O7/c35-31-28(18-24(38-39-31)22-4-1-2-6-26(22)41)46-16-14-20-8-10-21(11-9-20)19-36-15-17-47-27-7-3-5-23-30(27)34(45)40(33(23)44)25-12-13-29(42)37-32(25)43/h1-11,18,25,36,41H,12-17,19H2,(H2,35,39)(H,37,42,43). The maximum absolute atomic E-state index is 13.2. The van der Waals surface area contributed by atoms with E-state index >= 15 is 0 Å². The molecular weight excluding hydrogens is 604 g/mol. The molecule has 2 aliphatic rings. The molecule has 13 heteroatoms. The second-order valence-electron chi connectivity index (χ2n) is 11.1. The Morgan fingerprint density at radius 2 is 1.62 bits per heavy atom. The largest absolute Gasteiger partial charge is 0.507 e. The van der Waals surface area contributed by atoms with Crippen LogP contribution in [0, 0.1) is 0 Å². The number of nitrogens with two attached hydrogens (primary N) is 1. The highest BCUT2D eigenvalue weighted by molar-refractivity contribution is 6.24. The van der Waals surface area contributed by atoms with Gasteiger partial charge < -0.3 is 25.6 Å². The Morgan fingerprint density at radius 1 is 0.872 bits per heavy atom. The maximum atomic E-state index is 13.2. The average molecular weight is 637 g/mol. The summed E-state index contributed by atoms with van der Waals surface area (Å²) in [6.07, 6.45) is 0.782. The second-order valence-corrected chi connectivity index (χ2v) is 11.1. The van der Waals surface area contributed by atoms with E-state index in [1.54, 1.807) is 42.5 Å². The number of carbonyl (C=O) groups excluding carboxylic acids is 4. The third-order valence-electron chi connectivity index (χ3n) is 7.93. The van der Waals surface area contributed by atoms with Crippen LogP contribution in [0.1, 0.15) is 44.7 Å². The number of fused-ring (bicyclic) bond motifs is 1. The topological polar surface area (TPSA) is 186 Å². The molecule has 1 atom stereocenters. The number of carbonyl (C=O) groups is 4. The summed E-state index contributed by atoms with van der Waals surface area (Å²) in [5.74, 6) is -1.34. The van der Waals surface area contributed by atoms with Crippen molar-refractivity contribution in [3.8, 4) is 28.5 Å². The molecule has 3 heterocycles. The molecule has 1 fully saturated rings. The molecule has 1 unspecified atom stereocenters. The third-order valence-corrected chi connectivity index (χ3v) is 7.93. The lowest BCUT2D eigenvalue weighted by Gasteiger charge is -2.27. The lowest BCUT2D eigenvalue weighted by molar-refractivity contribution is -0.136. The monoisotopic (exact) mass is 636 g/mol. The van der Waals surface area contributed by atoms with Crippen molar-refractivity contribution in [2.24, 2.45) is 0 Å². The van der Waals surface area contributed by atoms with Crippen LogP contribution in [0.2, 0.25) is 0 Å². The molecule has 0 spiro atoms. The number of phenols is 1. The normalized spacial score (nSPS) is 15.8. The van der Waals surface area contributed by atoms with Crippen LogP contribution in [0.3, 0.4) is 0 Å². The second kappa shape index (κ2) is 13.7. The molecule has 5 N–H and O–H groups in total. The minimum Gasteiger partial charge on any atom is -0.507 e. The van der Waals surface area contributed by atoms with Crippen molar-refractivity contribution in [1.82, 2.24) is 25.7 Å². The van der Waals surface area contributed by atoms with Crippen LogP contribution in [-0.2, 0) is 22.6 Å². The summed E-state index contributed by atoms with van der Waals surface area (Å²) in [5.41, 5.74) is 9.38. The third kappa shape index (κ3) is 6.75. The molecule has 47 heavy (non-hydrogen) atoms. The molecular formula is C34H32N6O7. The first-order valence-electron chi connectivity index (χ1n) is 15.1. The number of para-hydroxylation sites is 1. The van der Waals surface area contributed by atoms with Crippen LogP contribution in [-0.4, -0.2) is 69.6 Å². The molecule has 2 aliphatic heterocycles. The van der Waals surface area contributed by atoms with Crippen molar-refractivity contribution in [2.75, 3.05) is 25.5 Å². The molecule has 1 saturated heterocycles. The number of hydrogen-bond donors (Lipinski definition) is 4. The van der Waals surface area contributed by atoms with Crippen molar-refractivity contribution in [1.29, 1.82) is 0 Å². The van der Waals surface area contributed by atoms with Crippen molar-refractivity contribution in [2.45, 2.75) is 31.8 Å². The number of nitrogens with one attached hydrogen (secondary N) is 2. The zero-order chi connectivity index (χ0) is 32.9. The molecule has 4 amide bonds. The molecule has 13 nitrogen and oxygen atoms in total. The molecule has 3 aromatic carbocycles. The first kappa shape index (κ1) is 31.2. The smallest absolute Gasteiger partial charge is 0.266 e. The Bertz CT molecular complexity index is 1850. The molecule has 0 bridgehead atoms. The minimum atomic E-state index is -1.03. The van der Waals surface area contributed by atoms with Crippen LogP contribution >= 0.6 is 0 Å². The van der Waals surface area contributed by atoms with Gasteiger partial charge in [-0.15, -0.1) is 10.2 Å². The fourth-order valence-corrected chi connectivity index (χ4v) is 5.49. The van der Waals surface area contributed by atoms with Gasteiger partial charge in [0.15, 0.2) is 11.6 Å². The number of ether oxygens (including phenoxy) is 2. The van der Waals surface area contributed by atoms with E-state index in [9.17, 15) is 24.3 Å². The number of anilines is 1. The van der Waals surface area contributed by atoms with Gasteiger partial charge >= 0.3 is 0 Å². The van der Waals surface area contributed by atoms with Crippen LogP contribution in [0.5, 0.6) is 17.2 Å². The number of aromatic nitrogens is 2. The summed E-state index contributed by atoms with van der Waals surface area (Å²) in [5, 5.41) is 23.6. The minimum absolute atomic E-state index is 0.0550. The maximum Gasteiger partial charge on any atom is 0.266 e. The zero-order valence-corrected chi connectivity index (χ0v) is 25.3. The van der Waals surface area contributed by atoms with Crippen LogP contribution in [0.4, 0.5) is 5.82 Å². The van der Waals surface area contributed by atoms with Gasteiger partial charge in [0, 0.05) is 37.6 Å². The quantitative estimate of drug-likeness (QED) is 0.132. The zero-order valence-electron chi connectivity index (χ0n) is 25.3. The SMILES string of the molecule is Nc1nnc(-c2ccccc2O)cc1OCCc1ccc(CNCCOc2cccc3c2C(=O)N(C2CCC(=O)NC2=O)C3=O)cc1. The first-order chi connectivity index (χ1) is 22.8. The van der Waals surface area contributed by atoms with E-state index in [0.29, 0.717) is 43.1 Å². The van der Waals surface area contributed by atoms with E-state index in [4.69, 9.17) is 15.2 Å². The summed E-state index contributed by atoms with van der Waals surface area (Å²) in [4.78, 5) is 51.0. The number of hydrogen-bond acceptors (Lipinski definition) is 11. The van der Waals surface area contributed by atoms with E-state index in [-0.39, 0.29) is 47.9 Å². The van der Waals surface area contributed by atoms with E-state index < -0.39 is 29.7 Å². The Balaban J connectivity index is 0.959. The number of phenolic OH excluding ortho intramolecular Hbond substituents is 1. The number of nitrogens with zero attached hydrogens (tertiary/aromatic N) is 3. The predicted octanol–water partition coefficient (Wildman–Crippen LogP) is 2.62. The van der Waals surface area contributed by atoms with Gasteiger partial charge in [0.05, 0.1) is 17.7 Å².